The van der Waals surface area contributed by atoms with E-state index in [0.29, 0.717) is 19.7 Å². The van der Waals surface area contributed by atoms with Gasteiger partial charge in [-0.05, 0) is 48.7 Å². The van der Waals surface area contributed by atoms with Gasteiger partial charge in [0.25, 0.3) is 5.91 Å². The lowest BCUT2D eigenvalue weighted by Crippen LogP contribution is -2.37. The second-order valence-electron chi connectivity index (χ2n) is 6.52. The summed E-state index contributed by atoms with van der Waals surface area (Å²) in [6.45, 7) is 1.57. The molecule has 0 N–H and O–H groups in total. The number of nitrogens with zero attached hydrogens (tertiary/aromatic N) is 1. The first-order valence-electron chi connectivity index (χ1n) is 8.98. The molecule has 0 saturated carbocycles. The average Bonchev–Trinajstić information content (AvgIpc) is 3.20. The van der Waals surface area contributed by atoms with Gasteiger partial charge in [0.05, 0.1) is 20.3 Å². The summed E-state index contributed by atoms with van der Waals surface area (Å²) in [5.74, 6) is 0.0502. The van der Waals surface area contributed by atoms with Crippen molar-refractivity contribution >= 4 is 5.91 Å². The molecule has 27 heavy (non-hydrogen) atoms. The van der Waals surface area contributed by atoms with Crippen molar-refractivity contribution in [2.75, 3.05) is 27.4 Å². The van der Waals surface area contributed by atoms with Gasteiger partial charge in [-0.25, -0.2) is 4.39 Å². The fourth-order valence-electron chi connectivity index (χ4n) is 3.23. The second kappa shape index (κ2) is 8.86. The highest BCUT2D eigenvalue weighted by atomic mass is 19.1. The molecule has 1 unspecified atom stereocenters. The molecule has 144 valence electrons. The highest BCUT2D eigenvalue weighted by Crippen LogP contribution is 2.22. The molecule has 2 aromatic rings. The van der Waals surface area contributed by atoms with Gasteiger partial charge in [0.1, 0.15) is 5.75 Å². The van der Waals surface area contributed by atoms with Crippen LogP contribution in [0.15, 0.2) is 42.5 Å². The molecule has 0 spiro atoms. The highest BCUT2D eigenvalue weighted by Gasteiger charge is 2.24. The number of ether oxygens (including phenoxy) is 3. The van der Waals surface area contributed by atoms with E-state index >= 15 is 0 Å². The topological polar surface area (TPSA) is 48.0 Å². The summed E-state index contributed by atoms with van der Waals surface area (Å²) in [6.07, 6.45) is 1.91. The second-order valence-corrected chi connectivity index (χ2v) is 6.52. The number of amides is 1. The minimum atomic E-state index is -0.554. The lowest BCUT2D eigenvalue weighted by Gasteiger charge is -2.26. The zero-order chi connectivity index (χ0) is 19.2. The van der Waals surface area contributed by atoms with Crippen LogP contribution in [0.4, 0.5) is 4.39 Å². The summed E-state index contributed by atoms with van der Waals surface area (Å²) in [7, 11) is 3.00. The number of methoxy groups -OCH3 is 2. The quantitative estimate of drug-likeness (QED) is 0.743. The number of benzene rings is 2. The van der Waals surface area contributed by atoms with Crippen LogP contribution < -0.4 is 9.47 Å². The minimum absolute atomic E-state index is 0.00246. The molecule has 1 atom stereocenters. The maximum absolute atomic E-state index is 14.1. The smallest absolute Gasteiger partial charge is 0.254 e. The van der Waals surface area contributed by atoms with Crippen LogP contribution >= 0.6 is 0 Å². The molecule has 1 aliphatic rings. The van der Waals surface area contributed by atoms with E-state index in [9.17, 15) is 9.18 Å². The SMILES string of the molecule is COc1cccc(CN(CC2CCCO2)C(=O)c2ccc(OC)c(F)c2)c1. The molecular formula is C21H24FNO4. The summed E-state index contributed by atoms with van der Waals surface area (Å²) in [4.78, 5) is 14.8. The normalized spacial score (nSPS) is 16.2. The lowest BCUT2D eigenvalue weighted by atomic mass is 10.1. The Morgan fingerprint density at radius 3 is 2.74 bits per heavy atom. The molecule has 2 aromatic carbocycles. The van der Waals surface area contributed by atoms with E-state index in [1.54, 1.807) is 18.1 Å². The Morgan fingerprint density at radius 1 is 1.22 bits per heavy atom. The molecule has 1 fully saturated rings. The fourth-order valence-corrected chi connectivity index (χ4v) is 3.23. The third-order valence-electron chi connectivity index (χ3n) is 4.64. The summed E-state index contributed by atoms with van der Waals surface area (Å²) in [6, 6.07) is 11.8. The van der Waals surface area contributed by atoms with Crippen LogP contribution in [0.2, 0.25) is 0 Å². The van der Waals surface area contributed by atoms with Crippen LogP contribution in [-0.4, -0.2) is 44.3 Å². The molecule has 3 rings (SSSR count). The largest absolute Gasteiger partial charge is 0.497 e. The highest BCUT2D eigenvalue weighted by molar-refractivity contribution is 5.94. The Morgan fingerprint density at radius 2 is 2.07 bits per heavy atom. The number of carbonyl (C=O) groups is 1. The number of hydrogen-bond donors (Lipinski definition) is 0. The van der Waals surface area contributed by atoms with Crippen LogP contribution in [0.5, 0.6) is 11.5 Å². The predicted octanol–water partition coefficient (Wildman–Crippen LogP) is 3.66. The predicted molar refractivity (Wildman–Crippen MR) is 99.7 cm³/mol. The summed E-state index contributed by atoms with van der Waals surface area (Å²) in [5, 5.41) is 0. The van der Waals surface area contributed by atoms with Gasteiger partial charge in [-0.3, -0.25) is 4.79 Å². The minimum Gasteiger partial charge on any atom is -0.497 e. The van der Waals surface area contributed by atoms with E-state index in [-0.39, 0.29) is 23.3 Å². The Kier molecular flexibility index (Phi) is 6.29. The van der Waals surface area contributed by atoms with E-state index in [1.807, 2.05) is 24.3 Å². The number of carbonyl (C=O) groups excluding carboxylic acids is 1. The van der Waals surface area contributed by atoms with Crippen LogP contribution in [0.1, 0.15) is 28.8 Å². The average molecular weight is 373 g/mol. The van der Waals surface area contributed by atoms with E-state index in [2.05, 4.69) is 0 Å². The maximum Gasteiger partial charge on any atom is 0.254 e. The third kappa shape index (κ3) is 4.77. The van der Waals surface area contributed by atoms with Gasteiger partial charge in [0.15, 0.2) is 11.6 Å². The third-order valence-corrected chi connectivity index (χ3v) is 4.64. The van der Waals surface area contributed by atoms with Crippen LogP contribution in [0, 0.1) is 5.82 Å². The van der Waals surface area contributed by atoms with Gasteiger partial charge < -0.3 is 19.1 Å². The van der Waals surface area contributed by atoms with Gasteiger partial charge >= 0.3 is 0 Å². The standard InChI is InChI=1S/C21H24FNO4/c1-25-17-6-3-5-15(11-17)13-23(14-18-7-4-10-27-18)21(24)16-8-9-20(26-2)19(22)12-16/h3,5-6,8-9,11-12,18H,4,7,10,13-14H2,1-2H3. The molecule has 5 nitrogen and oxygen atoms in total. The monoisotopic (exact) mass is 373 g/mol. The van der Waals surface area contributed by atoms with Crippen LogP contribution in [0.3, 0.4) is 0 Å². The zero-order valence-corrected chi connectivity index (χ0v) is 15.6. The Bertz CT molecular complexity index is 790. The van der Waals surface area contributed by atoms with Crippen molar-refractivity contribution in [3.05, 3.63) is 59.4 Å². The van der Waals surface area contributed by atoms with Gasteiger partial charge in [-0.15, -0.1) is 0 Å². The molecule has 1 aliphatic heterocycles. The number of rotatable bonds is 7. The zero-order valence-electron chi connectivity index (χ0n) is 15.6. The van der Waals surface area contributed by atoms with Crippen LogP contribution in [0.25, 0.3) is 0 Å². The molecule has 6 heteroatoms. The molecule has 0 aromatic heterocycles. The van der Waals surface area contributed by atoms with Crippen LogP contribution in [-0.2, 0) is 11.3 Å². The fraction of sp³-hybridized carbons (Fsp3) is 0.381. The van der Waals surface area contributed by atoms with E-state index in [0.717, 1.165) is 24.2 Å². The van der Waals surface area contributed by atoms with Crippen molar-refractivity contribution in [1.29, 1.82) is 0 Å². The molecule has 1 saturated heterocycles. The molecule has 1 amide bonds. The molecular weight excluding hydrogens is 349 g/mol. The van der Waals surface area contributed by atoms with Crippen molar-refractivity contribution < 1.29 is 23.4 Å². The summed E-state index contributed by atoms with van der Waals surface area (Å²) in [5.41, 5.74) is 1.23. The molecule has 0 radical (unpaired) electrons. The number of halogens is 1. The Hall–Kier alpha value is -2.60. The first kappa shape index (κ1) is 19.2. The molecule has 0 bridgehead atoms. The molecule has 0 aliphatic carbocycles. The maximum atomic E-state index is 14.1. The molecule has 1 heterocycles. The number of hydrogen-bond acceptors (Lipinski definition) is 4. The summed E-state index contributed by atoms with van der Waals surface area (Å²) < 4.78 is 30.0. The van der Waals surface area contributed by atoms with Gasteiger partial charge in [-0.2, -0.15) is 0 Å². The summed E-state index contributed by atoms with van der Waals surface area (Å²) >= 11 is 0. The van der Waals surface area contributed by atoms with Crippen molar-refractivity contribution in [1.82, 2.24) is 4.90 Å². The van der Waals surface area contributed by atoms with Gasteiger partial charge in [-0.1, -0.05) is 12.1 Å². The Balaban J connectivity index is 1.83. The first-order chi connectivity index (χ1) is 13.1. The first-order valence-corrected chi connectivity index (χ1v) is 8.98. The van der Waals surface area contributed by atoms with Gasteiger partial charge in [0, 0.05) is 25.3 Å². The van der Waals surface area contributed by atoms with Crippen molar-refractivity contribution in [2.45, 2.75) is 25.5 Å². The van der Waals surface area contributed by atoms with Crippen molar-refractivity contribution in [3.8, 4) is 11.5 Å². The Labute approximate surface area is 158 Å². The van der Waals surface area contributed by atoms with Gasteiger partial charge in [0.2, 0.25) is 0 Å². The van der Waals surface area contributed by atoms with E-state index in [4.69, 9.17) is 14.2 Å². The van der Waals surface area contributed by atoms with E-state index in [1.165, 1.54) is 19.2 Å². The van der Waals surface area contributed by atoms with E-state index < -0.39 is 5.82 Å². The lowest BCUT2D eigenvalue weighted by molar-refractivity contribution is 0.0506. The van der Waals surface area contributed by atoms with Crippen molar-refractivity contribution in [3.63, 3.8) is 0 Å². The van der Waals surface area contributed by atoms with Crippen molar-refractivity contribution in [2.24, 2.45) is 0 Å².